The number of carbonyl (C=O) groups excluding carboxylic acids is 1. The van der Waals surface area contributed by atoms with Crippen molar-refractivity contribution in [3.8, 4) is 6.07 Å². The predicted molar refractivity (Wildman–Crippen MR) is 83.4 cm³/mol. The molecule has 0 bridgehead atoms. The fourth-order valence-corrected chi connectivity index (χ4v) is 2.34. The lowest BCUT2D eigenvalue weighted by Gasteiger charge is -2.36. The zero-order valence-electron chi connectivity index (χ0n) is 12.7. The van der Waals surface area contributed by atoms with Crippen LogP contribution in [0.1, 0.15) is 12.5 Å². The molecule has 0 spiro atoms. The quantitative estimate of drug-likeness (QED) is 0.764. The Kier molecular flexibility index (Phi) is 5.50. The van der Waals surface area contributed by atoms with Gasteiger partial charge >= 0.3 is 0 Å². The Balaban J connectivity index is 1.88. The van der Waals surface area contributed by atoms with Crippen molar-refractivity contribution in [3.63, 3.8) is 0 Å². The number of hydrogen-bond acceptors (Lipinski definition) is 5. The van der Waals surface area contributed by atoms with E-state index in [2.05, 4.69) is 22.5 Å². The molecule has 0 radical (unpaired) electrons. The van der Waals surface area contributed by atoms with E-state index in [9.17, 15) is 4.79 Å². The number of amides is 1. The van der Waals surface area contributed by atoms with Gasteiger partial charge in [0.1, 0.15) is 18.0 Å². The Morgan fingerprint density at radius 1 is 1.50 bits per heavy atom. The van der Waals surface area contributed by atoms with Crippen molar-refractivity contribution in [2.45, 2.75) is 13.0 Å². The third kappa shape index (κ3) is 3.83. The average Bonchev–Trinajstić information content (AvgIpc) is 2.59. The fraction of sp³-hybridized carbons (Fsp3) is 0.438. The Labute approximate surface area is 130 Å². The Hall–Kier alpha value is -2.39. The van der Waals surface area contributed by atoms with E-state index in [0.717, 1.165) is 18.9 Å². The number of nitrogens with zero attached hydrogens (tertiary/aromatic N) is 4. The van der Waals surface area contributed by atoms with Crippen LogP contribution in [-0.2, 0) is 9.53 Å². The molecule has 1 aromatic heterocycles. The molecule has 6 heteroatoms. The summed E-state index contributed by atoms with van der Waals surface area (Å²) in [6, 6.07) is 5.65. The second-order valence-corrected chi connectivity index (χ2v) is 5.09. The smallest absolute Gasteiger partial charge is 0.251 e. The van der Waals surface area contributed by atoms with Crippen molar-refractivity contribution >= 4 is 11.7 Å². The van der Waals surface area contributed by atoms with Gasteiger partial charge in [-0.15, -0.1) is 6.58 Å². The van der Waals surface area contributed by atoms with E-state index < -0.39 is 6.10 Å². The van der Waals surface area contributed by atoms with Crippen LogP contribution in [0.15, 0.2) is 31.0 Å². The molecule has 1 aromatic rings. The molecule has 1 aliphatic heterocycles. The van der Waals surface area contributed by atoms with Crippen molar-refractivity contribution in [1.82, 2.24) is 9.88 Å². The highest BCUT2D eigenvalue weighted by Gasteiger charge is 2.25. The molecule has 0 aliphatic carbocycles. The number of ether oxygens (including phenoxy) is 1. The minimum atomic E-state index is -0.447. The van der Waals surface area contributed by atoms with Gasteiger partial charge in [-0.25, -0.2) is 4.98 Å². The van der Waals surface area contributed by atoms with Crippen molar-refractivity contribution in [2.75, 3.05) is 37.7 Å². The van der Waals surface area contributed by atoms with Gasteiger partial charge in [0.2, 0.25) is 0 Å². The Morgan fingerprint density at radius 2 is 2.23 bits per heavy atom. The van der Waals surface area contributed by atoms with Crippen molar-refractivity contribution in [1.29, 1.82) is 5.26 Å². The van der Waals surface area contributed by atoms with Crippen LogP contribution in [0.25, 0.3) is 0 Å². The van der Waals surface area contributed by atoms with Gasteiger partial charge in [0.05, 0.1) is 12.2 Å². The van der Waals surface area contributed by atoms with E-state index in [1.54, 1.807) is 25.3 Å². The van der Waals surface area contributed by atoms with Gasteiger partial charge in [0.25, 0.3) is 5.91 Å². The van der Waals surface area contributed by atoms with Crippen molar-refractivity contribution in [3.05, 3.63) is 36.5 Å². The lowest BCUT2D eigenvalue weighted by Crippen LogP contribution is -2.51. The number of anilines is 1. The summed E-state index contributed by atoms with van der Waals surface area (Å²) in [6.07, 6.45) is 2.76. The first-order valence-electron chi connectivity index (χ1n) is 7.28. The maximum absolute atomic E-state index is 12.2. The van der Waals surface area contributed by atoms with Crippen LogP contribution >= 0.6 is 0 Å². The maximum atomic E-state index is 12.2. The lowest BCUT2D eigenvalue weighted by atomic mass is 10.2. The third-order valence-corrected chi connectivity index (χ3v) is 3.60. The first kappa shape index (κ1) is 16.0. The monoisotopic (exact) mass is 300 g/mol. The second-order valence-electron chi connectivity index (χ2n) is 5.09. The summed E-state index contributed by atoms with van der Waals surface area (Å²) in [4.78, 5) is 20.4. The fourth-order valence-electron chi connectivity index (χ4n) is 2.34. The third-order valence-electron chi connectivity index (χ3n) is 3.60. The van der Waals surface area contributed by atoms with E-state index in [4.69, 9.17) is 10.00 Å². The van der Waals surface area contributed by atoms with E-state index in [0.29, 0.717) is 25.3 Å². The van der Waals surface area contributed by atoms with Crippen molar-refractivity contribution in [2.24, 2.45) is 0 Å². The van der Waals surface area contributed by atoms with Crippen LogP contribution < -0.4 is 4.90 Å². The van der Waals surface area contributed by atoms with E-state index in [-0.39, 0.29) is 5.91 Å². The minimum absolute atomic E-state index is 0.00860. The lowest BCUT2D eigenvalue weighted by molar-refractivity contribution is -0.142. The first-order chi connectivity index (χ1) is 10.7. The van der Waals surface area contributed by atoms with E-state index >= 15 is 0 Å². The molecular formula is C16H20N4O2. The topological polar surface area (TPSA) is 69.5 Å². The van der Waals surface area contributed by atoms with Gasteiger partial charge in [-0.05, 0) is 19.1 Å². The zero-order valence-corrected chi connectivity index (χ0v) is 12.7. The van der Waals surface area contributed by atoms with Crippen LogP contribution in [0, 0.1) is 11.3 Å². The number of piperazine rings is 1. The molecule has 6 nitrogen and oxygen atoms in total. The largest absolute Gasteiger partial charge is 0.365 e. The number of rotatable bonds is 5. The number of aromatic nitrogens is 1. The summed E-state index contributed by atoms with van der Waals surface area (Å²) >= 11 is 0. The molecule has 0 unspecified atom stereocenters. The number of pyridine rings is 1. The molecule has 1 saturated heterocycles. The van der Waals surface area contributed by atoms with Gasteiger partial charge in [-0.1, -0.05) is 6.08 Å². The molecule has 0 saturated carbocycles. The number of nitriles is 1. The average molecular weight is 300 g/mol. The summed E-state index contributed by atoms with van der Waals surface area (Å²) in [7, 11) is 0. The molecule has 1 amide bonds. The minimum Gasteiger partial charge on any atom is -0.365 e. The van der Waals surface area contributed by atoms with Crippen molar-refractivity contribution < 1.29 is 9.53 Å². The molecule has 2 heterocycles. The number of carbonyl (C=O) groups is 1. The van der Waals surface area contributed by atoms with E-state index in [1.807, 2.05) is 11.0 Å². The molecule has 1 aliphatic rings. The summed E-state index contributed by atoms with van der Waals surface area (Å²) in [5.74, 6) is 0.844. The second kappa shape index (κ2) is 7.57. The zero-order chi connectivity index (χ0) is 15.9. The maximum Gasteiger partial charge on any atom is 0.251 e. The summed E-state index contributed by atoms with van der Waals surface area (Å²) in [5.41, 5.74) is 0.547. The normalized spacial score (nSPS) is 16.0. The molecule has 1 fully saturated rings. The predicted octanol–water partition coefficient (Wildman–Crippen LogP) is 1.19. The molecule has 0 N–H and O–H groups in total. The van der Waals surface area contributed by atoms with Crippen LogP contribution in [0.2, 0.25) is 0 Å². The van der Waals surface area contributed by atoms with Gasteiger partial charge in [0.15, 0.2) is 0 Å². The first-order valence-corrected chi connectivity index (χ1v) is 7.28. The molecule has 0 aromatic carbocycles. The number of hydrogen-bond donors (Lipinski definition) is 0. The molecular weight excluding hydrogens is 280 g/mol. The Bertz CT molecular complexity index is 557. The van der Waals surface area contributed by atoms with Crippen LogP contribution in [0.3, 0.4) is 0 Å². The highest BCUT2D eigenvalue weighted by Crippen LogP contribution is 2.14. The molecule has 2 rings (SSSR count). The highest BCUT2D eigenvalue weighted by molar-refractivity contribution is 5.80. The summed E-state index contributed by atoms with van der Waals surface area (Å²) < 4.78 is 5.38. The summed E-state index contributed by atoms with van der Waals surface area (Å²) in [6.45, 7) is 8.44. The van der Waals surface area contributed by atoms with Gasteiger partial charge in [-0.2, -0.15) is 5.26 Å². The van der Waals surface area contributed by atoms with Crippen LogP contribution in [0.4, 0.5) is 5.82 Å². The SMILES string of the molecule is C=CCO[C@@H](C)C(=O)N1CCN(c2ccc(C#N)cn2)CC1. The highest BCUT2D eigenvalue weighted by atomic mass is 16.5. The molecule has 116 valence electrons. The Morgan fingerprint density at radius 3 is 2.77 bits per heavy atom. The van der Waals surface area contributed by atoms with Gasteiger partial charge in [-0.3, -0.25) is 4.79 Å². The standard InChI is InChI=1S/C16H20N4O2/c1-3-10-22-13(2)16(21)20-8-6-19(7-9-20)15-5-4-14(11-17)12-18-15/h3-5,12-13H,1,6-10H2,2H3/t13-/m0/s1. The molecule has 1 atom stereocenters. The van der Waals surface area contributed by atoms with Crippen LogP contribution in [0.5, 0.6) is 0 Å². The molecule has 22 heavy (non-hydrogen) atoms. The van der Waals surface area contributed by atoms with Crippen LogP contribution in [-0.4, -0.2) is 54.7 Å². The summed E-state index contributed by atoms with van der Waals surface area (Å²) in [5, 5.41) is 8.78. The van der Waals surface area contributed by atoms with Gasteiger partial charge < -0.3 is 14.5 Å². The van der Waals surface area contributed by atoms with Gasteiger partial charge in [0, 0.05) is 32.4 Å². The van der Waals surface area contributed by atoms with E-state index in [1.165, 1.54) is 0 Å².